The summed E-state index contributed by atoms with van der Waals surface area (Å²) in [5, 5.41) is 6.25. The molecule has 2 N–H and O–H groups in total. The summed E-state index contributed by atoms with van der Waals surface area (Å²) < 4.78 is 1.91. The maximum absolute atomic E-state index is 12.3. The van der Waals surface area contributed by atoms with Gasteiger partial charge in [0, 0.05) is 30.3 Å². The second-order valence-electron chi connectivity index (χ2n) is 5.25. The average Bonchev–Trinajstić information content (AvgIpc) is 3.09. The van der Waals surface area contributed by atoms with Crippen LogP contribution in [0.1, 0.15) is 6.92 Å². The number of nitrogens with one attached hydrogen (secondary N) is 2. The molecule has 5 nitrogen and oxygen atoms in total. The predicted molar refractivity (Wildman–Crippen MR) is 77.7 cm³/mol. The van der Waals surface area contributed by atoms with Crippen molar-refractivity contribution >= 4 is 11.6 Å². The van der Waals surface area contributed by atoms with Crippen LogP contribution in [0.3, 0.4) is 0 Å². The average molecular weight is 270 g/mol. The van der Waals surface area contributed by atoms with E-state index in [4.69, 9.17) is 0 Å². The predicted octanol–water partition coefficient (Wildman–Crippen LogP) is 1.67. The molecule has 0 saturated carbocycles. The van der Waals surface area contributed by atoms with Crippen molar-refractivity contribution < 1.29 is 4.79 Å². The summed E-state index contributed by atoms with van der Waals surface area (Å²) in [6.07, 6.45) is 5.35. The van der Waals surface area contributed by atoms with E-state index < -0.39 is 0 Å². The van der Waals surface area contributed by atoms with E-state index in [0.29, 0.717) is 5.92 Å². The summed E-state index contributed by atoms with van der Waals surface area (Å²) in [5.41, 5.74) is 1.80. The summed E-state index contributed by atoms with van der Waals surface area (Å²) in [4.78, 5) is 16.3. The van der Waals surface area contributed by atoms with Gasteiger partial charge in [-0.05, 0) is 30.7 Å². The molecule has 0 spiro atoms. The second kappa shape index (κ2) is 5.46. The van der Waals surface area contributed by atoms with Gasteiger partial charge in [0.15, 0.2) is 0 Å². The molecular formula is C15H18N4O. The van der Waals surface area contributed by atoms with Crippen LogP contribution < -0.4 is 10.6 Å². The molecule has 3 rings (SSSR count). The zero-order chi connectivity index (χ0) is 13.9. The summed E-state index contributed by atoms with van der Waals surface area (Å²) in [6, 6.07) is 7.77. The number of aromatic nitrogens is 2. The van der Waals surface area contributed by atoms with E-state index in [2.05, 4.69) is 22.5 Å². The van der Waals surface area contributed by atoms with E-state index >= 15 is 0 Å². The van der Waals surface area contributed by atoms with Gasteiger partial charge in [0.05, 0.1) is 12.2 Å². The first kappa shape index (κ1) is 12.9. The van der Waals surface area contributed by atoms with Gasteiger partial charge < -0.3 is 15.2 Å². The topological polar surface area (TPSA) is 59.0 Å². The van der Waals surface area contributed by atoms with Crippen molar-refractivity contribution in [3.8, 4) is 5.69 Å². The molecule has 1 aromatic carbocycles. The fourth-order valence-electron chi connectivity index (χ4n) is 2.55. The molecule has 0 bridgehead atoms. The zero-order valence-corrected chi connectivity index (χ0v) is 11.4. The zero-order valence-electron chi connectivity index (χ0n) is 11.4. The molecule has 0 aliphatic carbocycles. The van der Waals surface area contributed by atoms with E-state index in [-0.39, 0.29) is 11.8 Å². The number of rotatable bonds is 3. The van der Waals surface area contributed by atoms with Crippen molar-refractivity contribution in [3.63, 3.8) is 0 Å². The van der Waals surface area contributed by atoms with Crippen LogP contribution in [0.2, 0.25) is 0 Å². The lowest BCUT2D eigenvalue weighted by atomic mass is 9.97. The monoisotopic (exact) mass is 270 g/mol. The van der Waals surface area contributed by atoms with Gasteiger partial charge in [-0.2, -0.15) is 0 Å². The maximum Gasteiger partial charge on any atom is 0.229 e. The maximum atomic E-state index is 12.3. The third-order valence-electron chi connectivity index (χ3n) is 3.77. The first-order valence-electron chi connectivity index (χ1n) is 6.84. The van der Waals surface area contributed by atoms with Gasteiger partial charge >= 0.3 is 0 Å². The normalized spacial score (nSPS) is 21.9. The van der Waals surface area contributed by atoms with Crippen molar-refractivity contribution in [3.05, 3.63) is 43.0 Å². The lowest BCUT2D eigenvalue weighted by Gasteiger charge is -2.14. The molecule has 1 aliphatic rings. The largest absolute Gasteiger partial charge is 0.326 e. The minimum Gasteiger partial charge on any atom is -0.326 e. The molecular weight excluding hydrogens is 252 g/mol. The van der Waals surface area contributed by atoms with Crippen LogP contribution in [0.25, 0.3) is 5.69 Å². The van der Waals surface area contributed by atoms with E-state index in [1.54, 1.807) is 12.5 Å². The number of amides is 1. The highest BCUT2D eigenvalue weighted by Gasteiger charge is 2.29. The SMILES string of the molecule is CC1CNCC1C(=O)Nc1cccc(-n2ccnc2)c1. The van der Waals surface area contributed by atoms with Crippen LogP contribution >= 0.6 is 0 Å². The number of anilines is 1. The Hall–Kier alpha value is -2.14. The molecule has 1 aromatic heterocycles. The van der Waals surface area contributed by atoms with Gasteiger partial charge in [-0.15, -0.1) is 0 Å². The summed E-state index contributed by atoms with van der Waals surface area (Å²) >= 11 is 0. The molecule has 20 heavy (non-hydrogen) atoms. The molecule has 5 heteroatoms. The highest BCUT2D eigenvalue weighted by atomic mass is 16.1. The molecule has 1 amide bonds. The Morgan fingerprint density at radius 2 is 2.35 bits per heavy atom. The Morgan fingerprint density at radius 3 is 3.05 bits per heavy atom. The van der Waals surface area contributed by atoms with Crippen molar-refractivity contribution in [1.29, 1.82) is 0 Å². The molecule has 104 valence electrons. The Bertz CT molecular complexity index is 594. The quantitative estimate of drug-likeness (QED) is 0.892. The number of hydrogen-bond donors (Lipinski definition) is 2. The molecule has 1 fully saturated rings. The van der Waals surface area contributed by atoms with Crippen LogP contribution in [0.15, 0.2) is 43.0 Å². The molecule has 1 aliphatic heterocycles. The highest BCUT2D eigenvalue weighted by molar-refractivity contribution is 5.93. The van der Waals surface area contributed by atoms with Gasteiger partial charge in [-0.25, -0.2) is 4.98 Å². The number of nitrogens with zero attached hydrogens (tertiary/aromatic N) is 2. The van der Waals surface area contributed by atoms with Gasteiger partial charge in [0.1, 0.15) is 0 Å². The van der Waals surface area contributed by atoms with Gasteiger partial charge in [0.2, 0.25) is 5.91 Å². The van der Waals surface area contributed by atoms with Crippen LogP contribution in [-0.4, -0.2) is 28.5 Å². The first-order chi connectivity index (χ1) is 9.74. The summed E-state index contributed by atoms with van der Waals surface area (Å²) in [6.45, 7) is 3.77. The second-order valence-corrected chi connectivity index (χ2v) is 5.25. The summed E-state index contributed by atoms with van der Waals surface area (Å²) in [5.74, 6) is 0.518. The fraction of sp³-hybridized carbons (Fsp3) is 0.333. The molecule has 2 heterocycles. The van der Waals surface area contributed by atoms with Gasteiger partial charge in [-0.1, -0.05) is 13.0 Å². The Labute approximate surface area is 118 Å². The number of benzene rings is 1. The smallest absolute Gasteiger partial charge is 0.229 e. The lowest BCUT2D eigenvalue weighted by Crippen LogP contribution is -2.27. The first-order valence-corrected chi connectivity index (χ1v) is 6.84. The van der Waals surface area contributed by atoms with Crippen LogP contribution in [0, 0.1) is 11.8 Å². The number of carbonyl (C=O) groups excluding carboxylic acids is 1. The van der Waals surface area contributed by atoms with E-state index in [0.717, 1.165) is 24.5 Å². The Kier molecular flexibility index (Phi) is 3.52. The molecule has 1 saturated heterocycles. The lowest BCUT2D eigenvalue weighted by molar-refractivity contribution is -0.120. The minimum atomic E-state index is 0.0481. The van der Waals surface area contributed by atoms with Crippen molar-refractivity contribution in [1.82, 2.24) is 14.9 Å². The van der Waals surface area contributed by atoms with E-state index in [1.807, 2.05) is 35.0 Å². The standard InChI is InChI=1S/C15H18N4O/c1-11-8-17-9-14(11)15(20)18-12-3-2-4-13(7-12)19-6-5-16-10-19/h2-7,10-11,14,17H,8-9H2,1H3,(H,18,20). The number of hydrogen-bond acceptors (Lipinski definition) is 3. The fourth-order valence-corrected chi connectivity index (χ4v) is 2.55. The third kappa shape index (κ3) is 2.58. The van der Waals surface area contributed by atoms with Crippen molar-refractivity contribution in [2.45, 2.75) is 6.92 Å². The van der Waals surface area contributed by atoms with Crippen LogP contribution in [0.4, 0.5) is 5.69 Å². The van der Waals surface area contributed by atoms with Gasteiger partial charge in [0.25, 0.3) is 0 Å². The highest BCUT2D eigenvalue weighted by Crippen LogP contribution is 2.20. The van der Waals surface area contributed by atoms with Crippen LogP contribution in [-0.2, 0) is 4.79 Å². The third-order valence-corrected chi connectivity index (χ3v) is 3.77. The van der Waals surface area contributed by atoms with Crippen molar-refractivity contribution in [2.24, 2.45) is 11.8 Å². The minimum absolute atomic E-state index is 0.0481. The van der Waals surface area contributed by atoms with Crippen molar-refractivity contribution in [2.75, 3.05) is 18.4 Å². The molecule has 0 radical (unpaired) electrons. The Balaban J connectivity index is 1.74. The molecule has 2 atom stereocenters. The van der Waals surface area contributed by atoms with Gasteiger partial charge in [-0.3, -0.25) is 4.79 Å². The van der Waals surface area contributed by atoms with E-state index in [1.165, 1.54) is 0 Å². The van der Waals surface area contributed by atoms with E-state index in [9.17, 15) is 4.79 Å². The summed E-state index contributed by atoms with van der Waals surface area (Å²) in [7, 11) is 0. The number of carbonyl (C=O) groups is 1. The van der Waals surface area contributed by atoms with Crippen LogP contribution in [0.5, 0.6) is 0 Å². The molecule has 2 unspecified atom stereocenters. The number of imidazole rings is 1. The Morgan fingerprint density at radius 1 is 1.45 bits per heavy atom. The molecule has 2 aromatic rings.